The monoisotopic (exact) mass is 561 g/mol. The molecule has 1 heteroatoms. The minimum absolute atomic E-state index is 0.182. The third kappa shape index (κ3) is 3.56. The van der Waals surface area contributed by atoms with Crippen molar-refractivity contribution in [2.75, 3.05) is 0 Å². The molecule has 0 aliphatic heterocycles. The van der Waals surface area contributed by atoms with Crippen LogP contribution in [-0.4, -0.2) is 4.98 Å². The summed E-state index contributed by atoms with van der Waals surface area (Å²) in [4.78, 5) is 5.28. The van der Waals surface area contributed by atoms with E-state index in [1.165, 1.54) is 77.4 Å². The Morgan fingerprint density at radius 2 is 1.11 bits per heavy atom. The molecule has 0 fully saturated rings. The molecule has 44 heavy (non-hydrogen) atoms. The van der Waals surface area contributed by atoms with Crippen LogP contribution in [0, 0.1) is 12.8 Å². The van der Waals surface area contributed by atoms with Gasteiger partial charge >= 0.3 is 0 Å². The van der Waals surface area contributed by atoms with E-state index in [1.807, 2.05) is 0 Å². The third-order valence-electron chi connectivity index (χ3n) is 9.80. The van der Waals surface area contributed by atoms with Crippen LogP contribution in [0.5, 0.6) is 0 Å². The van der Waals surface area contributed by atoms with Gasteiger partial charge in [0.2, 0.25) is 0 Å². The molecule has 0 amide bonds. The maximum Gasteiger partial charge on any atom is 0.0708 e. The molecule has 0 saturated carbocycles. The molecule has 1 nitrogen and oxygen atoms in total. The van der Waals surface area contributed by atoms with Crippen molar-refractivity contribution in [2.45, 2.75) is 19.8 Å². The molecule has 0 radical (unpaired) electrons. The Morgan fingerprint density at radius 1 is 0.523 bits per heavy atom. The van der Waals surface area contributed by atoms with Crippen molar-refractivity contribution in [3.05, 3.63) is 167 Å². The Hall–Kier alpha value is -5.27. The van der Waals surface area contributed by atoms with E-state index < -0.39 is 0 Å². The van der Waals surface area contributed by atoms with Crippen LogP contribution < -0.4 is 0 Å². The number of pyridine rings is 1. The lowest BCUT2D eigenvalue weighted by Crippen LogP contribution is -2.17. The van der Waals surface area contributed by atoms with Gasteiger partial charge in [-0.3, -0.25) is 4.98 Å². The summed E-state index contributed by atoms with van der Waals surface area (Å²) in [7, 11) is 0. The van der Waals surface area contributed by atoms with Crippen LogP contribution in [0.25, 0.3) is 60.6 Å². The van der Waals surface area contributed by atoms with Gasteiger partial charge < -0.3 is 0 Å². The van der Waals surface area contributed by atoms with Crippen molar-refractivity contribution in [1.29, 1.82) is 0 Å². The van der Waals surface area contributed by atoms with Crippen LogP contribution in [0.1, 0.15) is 40.8 Å². The van der Waals surface area contributed by atoms with Crippen LogP contribution >= 0.6 is 0 Å². The van der Waals surface area contributed by atoms with Crippen LogP contribution in [0.3, 0.4) is 0 Å². The van der Waals surface area contributed by atoms with Crippen LogP contribution in [-0.2, 0) is 0 Å². The average molecular weight is 562 g/mol. The zero-order valence-corrected chi connectivity index (χ0v) is 24.9. The lowest BCUT2D eigenvalue weighted by Gasteiger charge is -2.30. The number of hydrogen-bond acceptors (Lipinski definition) is 1. The fourth-order valence-corrected chi connectivity index (χ4v) is 8.02. The van der Waals surface area contributed by atoms with E-state index in [4.69, 9.17) is 4.98 Å². The standard InChI is InChI=1S/C43H31N/c1-26-25-37(44-36-23-12-11-18-30(26)36)38-27(2)24-35-41-33(38)21-13-22-34(41)42-39(28-14-5-3-6-15-28)31-19-9-10-20-32(31)40(43(35)42)29-16-7-4-8-17-29/h3-25,27,38H,1-2H3. The van der Waals surface area contributed by atoms with Crippen molar-refractivity contribution in [3.63, 3.8) is 0 Å². The van der Waals surface area contributed by atoms with E-state index >= 15 is 0 Å². The minimum Gasteiger partial charge on any atom is -0.252 e. The molecule has 208 valence electrons. The molecule has 1 aromatic heterocycles. The fourth-order valence-electron chi connectivity index (χ4n) is 8.02. The first-order valence-corrected chi connectivity index (χ1v) is 15.6. The summed E-state index contributed by atoms with van der Waals surface area (Å²) < 4.78 is 0. The summed E-state index contributed by atoms with van der Waals surface area (Å²) in [6, 6.07) is 48.8. The molecule has 6 aromatic carbocycles. The molecule has 1 heterocycles. The second-order valence-corrected chi connectivity index (χ2v) is 12.3. The maximum absolute atomic E-state index is 5.28. The van der Waals surface area contributed by atoms with Gasteiger partial charge in [-0.1, -0.05) is 134 Å². The summed E-state index contributed by atoms with van der Waals surface area (Å²) in [6.07, 6.45) is 2.55. The van der Waals surface area contributed by atoms with Gasteiger partial charge in [0, 0.05) is 17.0 Å². The molecule has 0 spiro atoms. The second-order valence-electron chi connectivity index (χ2n) is 12.3. The van der Waals surface area contributed by atoms with Crippen LogP contribution in [0.4, 0.5) is 0 Å². The minimum atomic E-state index is 0.182. The Balaban J connectivity index is 1.40. The zero-order valence-electron chi connectivity index (χ0n) is 24.9. The SMILES string of the molecule is Cc1cc(C2c3cccc4c3C(=CC2C)c2c-4c(-c3ccccc3)c3ccccc3c2-c2ccccc2)nc2ccccc12. The maximum atomic E-state index is 5.28. The molecule has 0 bridgehead atoms. The number of allylic oxidation sites excluding steroid dienone is 1. The van der Waals surface area contributed by atoms with Gasteiger partial charge in [0.15, 0.2) is 0 Å². The highest BCUT2D eigenvalue weighted by Crippen LogP contribution is 2.59. The molecule has 2 aliphatic carbocycles. The summed E-state index contributed by atoms with van der Waals surface area (Å²) in [5.41, 5.74) is 16.9. The summed E-state index contributed by atoms with van der Waals surface area (Å²) in [6.45, 7) is 4.59. The molecule has 9 rings (SSSR count). The van der Waals surface area contributed by atoms with E-state index in [2.05, 4.69) is 153 Å². The molecular weight excluding hydrogens is 530 g/mol. The largest absolute Gasteiger partial charge is 0.252 e. The highest BCUT2D eigenvalue weighted by Gasteiger charge is 2.39. The van der Waals surface area contributed by atoms with Gasteiger partial charge in [-0.2, -0.15) is 0 Å². The molecule has 2 aliphatic rings. The van der Waals surface area contributed by atoms with Gasteiger partial charge in [-0.15, -0.1) is 0 Å². The van der Waals surface area contributed by atoms with E-state index in [9.17, 15) is 0 Å². The van der Waals surface area contributed by atoms with Crippen molar-refractivity contribution in [3.8, 4) is 33.4 Å². The van der Waals surface area contributed by atoms with Crippen molar-refractivity contribution < 1.29 is 0 Å². The van der Waals surface area contributed by atoms with Gasteiger partial charge in [-0.25, -0.2) is 0 Å². The number of benzene rings is 6. The lowest BCUT2D eigenvalue weighted by atomic mass is 9.74. The van der Waals surface area contributed by atoms with Crippen molar-refractivity contribution >= 4 is 27.2 Å². The highest BCUT2D eigenvalue weighted by atomic mass is 14.7. The van der Waals surface area contributed by atoms with E-state index in [-0.39, 0.29) is 11.8 Å². The number of aromatic nitrogens is 1. The fraction of sp³-hybridized carbons (Fsp3) is 0.0930. The lowest BCUT2D eigenvalue weighted by molar-refractivity contribution is 0.604. The Morgan fingerprint density at radius 3 is 1.80 bits per heavy atom. The van der Waals surface area contributed by atoms with Crippen LogP contribution in [0.15, 0.2) is 140 Å². The number of nitrogens with zero attached hydrogens (tertiary/aromatic N) is 1. The predicted octanol–water partition coefficient (Wildman–Crippen LogP) is 11.2. The quantitative estimate of drug-likeness (QED) is 0.209. The topological polar surface area (TPSA) is 12.9 Å². The Labute approximate surface area is 258 Å². The summed E-state index contributed by atoms with van der Waals surface area (Å²) in [5.74, 6) is 0.461. The smallest absolute Gasteiger partial charge is 0.0708 e. The van der Waals surface area contributed by atoms with E-state index in [0.717, 1.165) is 11.2 Å². The number of aryl methyl sites for hydroxylation is 1. The molecule has 2 atom stereocenters. The van der Waals surface area contributed by atoms with Gasteiger partial charge in [0.1, 0.15) is 0 Å². The number of fused-ring (bicyclic) bond motifs is 5. The molecule has 2 unspecified atom stereocenters. The molecule has 0 N–H and O–H groups in total. The average Bonchev–Trinajstić information content (AvgIpc) is 3.38. The summed E-state index contributed by atoms with van der Waals surface area (Å²) >= 11 is 0. The number of rotatable bonds is 3. The first-order valence-electron chi connectivity index (χ1n) is 15.6. The molecular formula is C43H31N. The van der Waals surface area contributed by atoms with Gasteiger partial charge in [0.05, 0.1) is 5.52 Å². The van der Waals surface area contributed by atoms with Gasteiger partial charge in [0.25, 0.3) is 0 Å². The predicted molar refractivity (Wildman–Crippen MR) is 185 cm³/mol. The normalized spacial score (nSPS) is 16.5. The van der Waals surface area contributed by atoms with Crippen molar-refractivity contribution in [1.82, 2.24) is 4.98 Å². The van der Waals surface area contributed by atoms with Crippen molar-refractivity contribution in [2.24, 2.45) is 5.92 Å². The Kier molecular flexibility index (Phi) is 5.52. The first-order chi connectivity index (χ1) is 21.7. The van der Waals surface area contributed by atoms with Crippen LogP contribution in [0.2, 0.25) is 0 Å². The first kappa shape index (κ1) is 25.2. The second kappa shape index (κ2) is 9.62. The molecule has 7 aromatic rings. The Bertz CT molecular complexity index is 2290. The highest BCUT2D eigenvalue weighted by molar-refractivity contribution is 6.21. The van der Waals surface area contributed by atoms with E-state index in [1.54, 1.807) is 0 Å². The zero-order chi connectivity index (χ0) is 29.4. The number of hydrogen-bond donors (Lipinski definition) is 0. The van der Waals surface area contributed by atoms with E-state index in [0.29, 0.717) is 0 Å². The molecule has 0 saturated heterocycles. The third-order valence-corrected chi connectivity index (χ3v) is 9.80. The summed E-state index contributed by atoms with van der Waals surface area (Å²) in [5, 5.41) is 3.83. The number of para-hydroxylation sites is 1. The van der Waals surface area contributed by atoms with Gasteiger partial charge in [-0.05, 0) is 97.0 Å².